The number of halogens is 4. The number of alkyl halides is 4. The second-order valence-electron chi connectivity index (χ2n) is 3.76. The van der Waals surface area contributed by atoms with Gasteiger partial charge in [-0.05, 0) is 35.9 Å². The van der Waals surface area contributed by atoms with Crippen molar-refractivity contribution < 1.29 is 17.9 Å². The van der Waals surface area contributed by atoms with E-state index in [1.54, 1.807) is 6.20 Å². The molecule has 6 heteroatoms. The van der Waals surface area contributed by atoms with Crippen molar-refractivity contribution in [3.63, 3.8) is 0 Å². The van der Waals surface area contributed by atoms with Crippen LogP contribution in [-0.2, 0) is 5.33 Å². The Kier molecular flexibility index (Phi) is 4.09. The molecule has 0 aliphatic carbocycles. The lowest BCUT2D eigenvalue weighted by Gasteiger charge is -2.09. The minimum absolute atomic E-state index is 0.242. The minimum atomic E-state index is -4.67. The van der Waals surface area contributed by atoms with Gasteiger partial charge in [-0.3, -0.25) is 4.98 Å². The van der Waals surface area contributed by atoms with Crippen LogP contribution in [0.3, 0.4) is 0 Å². The topological polar surface area (TPSA) is 22.1 Å². The van der Waals surface area contributed by atoms with Crippen LogP contribution in [-0.4, -0.2) is 11.3 Å². The summed E-state index contributed by atoms with van der Waals surface area (Å²) in [7, 11) is 0. The molecule has 0 fully saturated rings. The maximum absolute atomic E-state index is 12.0. The molecule has 2 nitrogen and oxygen atoms in total. The summed E-state index contributed by atoms with van der Waals surface area (Å²) in [4.78, 5) is 4.23. The van der Waals surface area contributed by atoms with E-state index in [1.807, 2.05) is 12.1 Å². The fourth-order valence-corrected chi connectivity index (χ4v) is 1.83. The molecule has 0 saturated carbocycles. The van der Waals surface area contributed by atoms with Crippen LogP contribution < -0.4 is 4.74 Å². The molecule has 0 unspecified atom stereocenters. The molecule has 0 saturated heterocycles. The number of benzene rings is 1. The van der Waals surface area contributed by atoms with Crippen LogP contribution in [0.5, 0.6) is 5.75 Å². The van der Waals surface area contributed by atoms with E-state index < -0.39 is 6.36 Å². The second kappa shape index (κ2) is 5.61. The normalized spacial score (nSPS) is 11.4. The predicted octanol–water partition coefficient (Wildman–Crippen LogP) is 4.54. The molecule has 2 rings (SSSR count). The highest BCUT2D eigenvalue weighted by Gasteiger charge is 2.30. The fourth-order valence-electron chi connectivity index (χ4n) is 1.50. The summed E-state index contributed by atoms with van der Waals surface area (Å²) >= 11 is 3.31. The number of nitrogens with zero attached hydrogens (tertiary/aromatic N) is 1. The highest BCUT2D eigenvalue weighted by molar-refractivity contribution is 9.08. The molecular weight excluding hydrogens is 323 g/mol. The van der Waals surface area contributed by atoms with Crippen LogP contribution in [0.4, 0.5) is 13.2 Å². The van der Waals surface area contributed by atoms with Crippen molar-refractivity contribution in [1.29, 1.82) is 0 Å². The second-order valence-corrected chi connectivity index (χ2v) is 4.32. The maximum atomic E-state index is 12.0. The van der Waals surface area contributed by atoms with Gasteiger partial charge in [-0.1, -0.05) is 22.0 Å². The van der Waals surface area contributed by atoms with Crippen molar-refractivity contribution in [1.82, 2.24) is 4.98 Å². The van der Waals surface area contributed by atoms with Crippen LogP contribution in [0, 0.1) is 0 Å². The van der Waals surface area contributed by atoms with E-state index in [0.29, 0.717) is 11.0 Å². The van der Waals surface area contributed by atoms with Crippen LogP contribution in [0.1, 0.15) is 5.56 Å². The van der Waals surface area contributed by atoms with Gasteiger partial charge in [-0.15, -0.1) is 13.2 Å². The Bertz CT molecular complexity index is 537. The van der Waals surface area contributed by atoms with Gasteiger partial charge in [0, 0.05) is 17.1 Å². The number of hydrogen-bond donors (Lipinski definition) is 0. The lowest BCUT2D eigenvalue weighted by Crippen LogP contribution is -2.16. The molecule has 100 valence electrons. The first-order chi connectivity index (χ1) is 8.98. The van der Waals surface area contributed by atoms with Crippen molar-refractivity contribution in [3.8, 4) is 17.0 Å². The summed E-state index contributed by atoms with van der Waals surface area (Å²) < 4.78 is 39.8. The van der Waals surface area contributed by atoms with Crippen LogP contribution in [0.2, 0.25) is 0 Å². The first kappa shape index (κ1) is 13.9. The Morgan fingerprint density at radius 3 is 2.21 bits per heavy atom. The zero-order valence-electron chi connectivity index (χ0n) is 9.62. The van der Waals surface area contributed by atoms with Crippen molar-refractivity contribution >= 4 is 15.9 Å². The standard InChI is InChI=1S/C13H9BrF3NO/c14-7-9-1-6-12(18-8-9)10-2-4-11(5-3-10)19-13(15,16)17/h1-6,8H,7H2. The van der Waals surface area contributed by atoms with Crippen molar-refractivity contribution in [2.24, 2.45) is 0 Å². The third-order valence-corrected chi connectivity index (χ3v) is 3.01. The highest BCUT2D eigenvalue weighted by atomic mass is 79.9. The number of aromatic nitrogens is 1. The molecular formula is C13H9BrF3NO. The van der Waals surface area contributed by atoms with Crippen molar-refractivity contribution in [2.45, 2.75) is 11.7 Å². The summed E-state index contributed by atoms with van der Waals surface area (Å²) in [5.41, 5.74) is 2.46. The summed E-state index contributed by atoms with van der Waals surface area (Å²) in [6.45, 7) is 0. The third kappa shape index (κ3) is 3.96. The molecule has 0 amide bonds. The van der Waals surface area contributed by atoms with Crippen LogP contribution in [0.15, 0.2) is 42.6 Å². The molecule has 0 radical (unpaired) electrons. The zero-order chi connectivity index (χ0) is 13.9. The molecule has 2 aromatic rings. The number of ether oxygens (including phenoxy) is 1. The largest absolute Gasteiger partial charge is 0.573 e. The number of pyridine rings is 1. The Balaban J connectivity index is 2.17. The molecule has 0 spiro atoms. The number of hydrogen-bond acceptors (Lipinski definition) is 2. The van der Waals surface area contributed by atoms with E-state index in [4.69, 9.17) is 0 Å². The molecule has 0 aliphatic rings. The van der Waals surface area contributed by atoms with E-state index in [2.05, 4.69) is 25.7 Å². The quantitative estimate of drug-likeness (QED) is 0.770. The SMILES string of the molecule is FC(F)(F)Oc1ccc(-c2ccc(CBr)cn2)cc1. The van der Waals surface area contributed by atoms with E-state index in [0.717, 1.165) is 11.1 Å². The summed E-state index contributed by atoms with van der Waals surface area (Å²) in [6.07, 6.45) is -2.96. The Hall–Kier alpha value is -1.56. The molecule has 1 heterocycles. The highest BCUT2D eigenvalue weighted by Crippen LogP contribution is 2.25. The van der Waals surface area contributed by atoms with Gasteiger partial charge >= 0.3 is 6.36 Å². The first-order valence-electron chi connectivity index (χ1n) is 5.35. The number of rotatable bonds is 3. The van der Waals surface area contributed by atoms with Gasteiger partial charge in [0.1, 0.15) is 5.75 Å². The molecule has 1 aromatic heterocycles. The summed E-state index contributed by atoms with van der Waals surface area (Å²) in [5, 5.41) is 0.707. The average Bonchev–Trinajstić information content (AvgIpc) is 2.38. The van der Waals surface area contributed by atoms with Gasteiger partial charge in [0.15, 0.2) is 0 Å². The molecule has 0 atom stereocenters. The smallest absolute Gasteiger partial charge is 0.406 e. The van der Waals surface area contributed by atoms with Gasteiger partial charge in [-0.25, -0.2) is 0 Å². The van der Waals surface area contributed by atoms with Crippen LogP contribution >= 0.6 is 15.9 Å². The van der Waals surface area contributed by atoms with E-state index in [1.165, 1.54) is 24.3 Å². The molecule has 19 heavy (non-hydrogen) atoms. The van der Waals surface area contributed by atoms with Gasteiger partial charge in [-0.2, -0.15) is 0 Å². The van der Waals surface area contributed by atoms with E-state index in [-0.39, 0.29) is 5.75 Å². The fraction of sp³-hybridized carbons (Fsp3) is 0.154. The lowest BCUT2D eigenvalue weighted by molar-refractivity contribution is -0.274. The molecule has 0 aliphatic heterocycles. The molecule has 0 N–H and O–H groups in total. The Morgan fingerprint density at radius 2 is 1.74 bits per heavy atom. The summed E-state index contributed by atoms with van der Waals surface area (Å²) in [6, 6.07) is 9.33. The Morgan fingerprint density at radius 1 is 1.05 bits per heavy atom. The lowest BCUT2D eigenvalue weighted by atomic mass is 10.1. The van der Waals surface area contributed by atoms with E-state index >= 15 is 0 Å². The van der Waals surface area contributed by atoms with Crippen molar-refractivity contribution in [2.75, 3.05) is 0 Å². The van der Waals surface area contributed by atoms with E-state index in [9.17, 15) is 13.2 Å². The van der Waals surface area contributed by atoms with Crippen LogP contribution in [0.25, 0.3) is 11.3 Å². The zero-order valence-corrected chi connectivity index (χ0v) is 11.2. The monoisotopic (exact) mass is 331 g/mol. The molecule has 1 aromatic carbocycles. The summed E-state index contributed by atoms with van der Waals surface area (Å²) in [5.74, 6) is -0.242. The average molecular weight is 332 g/mol. The third-order valence-electron chi connectivity index (χ3n) is 2.36. The molecule has 0 bridgehead atoms. The first-order valence-corrected chi connectivity index (χ1v) is 6.47. The maximum Gasteiger partial charge on any atom is 0.573 e. The van der Waals surface area contributed by atoms with Crippen molar-refractivity contribution in [3.05, 3.63) is 48.2 Å². The van der Waals surface area contributed by atoms with Gasteiger partial charge in [0.25, 0.3) is 0 Å². The minimum Gasteiger partial charge on any atom is -0.406 e. The van der Waals surface area contributed by atoms with Gasteiger partial charge < -0.3 is 4.74 Å². The van der Waals surface area contributed by atoms with Gasteiger partial charge in [0.2, 0.25) is 0 Å². The predicted molar refractivity (Wildman–Crippen MR) is 69.0 cm³/mol. The van der Waals surface area contributed by atoms with Gasteiger partial charge in [0.05, 0.1) is 5.69 Å². The Labute approximate surface area is 116 Å².